The van der Waals surface area contributed by atoms with Crippen LogP contribution in [-0.4, -0.2) is 15.0 Å². The van der Waals surface area contributed by atoms with Crippen LogP contribution in [0.1, 0.15) is 0 Å². The first-order valence-corrected chi connectivity index (χ1v) is 18.7. The number of fused-ring (bicyclic) bond motifs is 6. The third-order valence-electron chi connectivity index (χ3n) is 10.6. The molecule has 5 heteroatoms. The molecule has 3 aromatic heterocycles. The summed E-state index contributed by atoms with van der Waals surface area (Å²) in [6, 6.07) is 64.5. The van der Waals surface area contributed by atoms with Crippen molar-refractivity contribution in [3.63, 3.8) is 0 Å². The van der Waals surface area contributed by atoms with Crippen molar-refractivity contribution in [3.05, 3.63) is 188 Å². The van der Waals surface area contributed by atoms with E-state index in [9.17, 15) is 0 Å². The molecule has 0 fully saturated rings. The first-order valence-electron chi connectivity index (χ1n) is 18.7. The maximum absolute atomic E-state index is 6.72. The van der Waals surface area contributed by atoms with Crippen molar-refractivity contribution in [2.24, 2.45) is 0 Å². The minimum absolute atomic E-state index is 0.601. The Morgan fingerprint density at radius 2 is 0.786 bits per heavy atom. The summed E-state index contributed by atoms with van der Waals surface area (Å²) in [5.41, 5.74) is 12.7. The van der Waals surface area contributed by atoms with E-state index in [0.717, 1.165) is 93.9 Å². The van der Waals surface area contributed by atoms with Gasteiger partial charge in [-0.25, -0.2) is 15.0 Å². The Hall–Kier alpha value is -7.63. The van der Waals surface area contributed by atoms with Gasteiger partial charge in [0.1, 0.15) is 22.3 Å². The molecule has 0 aliphatic heterocycles. The standard InChI is InChI=1S/C51H31N3O2/c1-3-12-32(13-4-1)33-24-26-35(27-25-33)50-52-49(34-14-5-2-6-15-34)53-51(54-50)38-17-9-16-36(30-38)40-20-10-21-42-47-39(19-11-23-46(47)56-48(40)42)37-28-29-45-43(31-37)41-18-7-8-22-44(41)55-45/h1-31H. The predicted molar refractivity (Wildman–Crippen MR) is 227 cm³/mol. The normalized spacial score (nSPS) is 11.6. The van der Waals surface area contributed by atoms with E-state index in [1.54, 1.807) is 0 Å². The van der Waals surface area contributed by atoms with Gasteiger partial charge in [0.15, 0.2) is 17.5 Å². The van der Waals surface area contributed by atoms with Gasteiger partial charge in [-0.2, -0.15) is 0 Å². The number of furan rings is 2. The molecule has 11 aromatic rings. The third kappa shape index (κ3) is 5.45. The van der Waals surface area contributed by atoms with E-state index in [0.29, 0.717) is 17.5 Å². The SMILES string of the molecule is c1ccc(-c2ccc(-c3nc(-c4ccccc4)nc(-c4cccc(-c5cccc6c5oc5cccc(-c7ccc8oc9ccccc9c8c7)c56)c4)n3)cc2)cc1. The second-order valence-corrected chi connectivity index (χ2v) is 14.0. The highest BCUT2D eigenvalue weighted by Crippen LogP contribution is 2.42. The minimum atomic E-state index is 0.601. The number of benzene rings is 8. The Bertz CT molecular complexity index is 3240. The molecule has 0 saturated heterocycles. The Kier molecular flexibility index (Phi) is 7.42. The van der Waals surface area contributed by atoms with Gasteiger partial charge in [-0.15, -0.1) is 0 Å². The lowest BCUT2D eigenvalue weighted by atomic mass is 9.96. The highest BCUT2D eigenvalue weighted by atomic mass is 16.3. The lowest BCUT2D eigenvalue weighted by Gasteiger charge is -2.10. The molecule has 0 N–H and O–H groups in total. The smallest absolute Gasteiger partial charge is 0.164 e. The van der Waals surface area contributed by atoms with Crippen LogP contribution in [0.5, 0.6) is 0 Å². The fraction of sp³-hybridized carbons (Fsp3) is 0. The van der Waals surface area contributed by atoms with E-state index >= 15 is 0 Å². The van der Waals surface area contributed by atoms with E-state index in [2.05, 4.69) is 140 Å². The zero-order valence-corrected chi connectivity index (χ0v) is 30.1. The molecule has 56 heavy (non-hydrogen) atoms. The van der Waals surface area contributed by atoms with Crippen molar-refractivity contribution in [2.75, 3.05) is 0 Å². The van der Waals surface area contributed by atoms with Crippen molar-refractivity contribution >= 4 is 43.9 Å². The van der Waals surface area contributed by atoms with Crippen molar-refractivity contribution in [3.8, 4) is 67.5 Å². The summed E-state index contributed by atoms with van der Waals surface area (Å²) in [7, 11) is 0. The zero-order chi connectivity index (χ0) is 37.0. The van der Waals surface area contributed by atoms with Gasteiger partial charge in [0.25, 0.3) is 0 Å². The molecule has 262 valence electrons. The Morgan fingerprint density at radius 1 is 0.286 bits per heavy atom. The van der Waals surface area contributed by atoms with Crippen LogP contribution in [0.25, 0.3) is 111 Å². The summed E-state index contributed by atoms with van der Waals surface area (Å²) in [6.07, 6.45) is 0. The third-order valence-corrected chi connectivity index (χ3v) is 10.6. The Morgan fingerprint density at radius 3 is 1.59 bits per heavy atom. The average Bonchev–Trinajstić information content (AvgIpc) is 3.85. The summed E-state index contributed by atoms with van der Waals surface area (Å²) in [5, 5.41) is 4.35. The highest BCUT2D eigenvalue weighted by molar-refractivity contribution is 6.16. The maximum Gasteiger partial charge on any atom is 0.164 e. The van der Waals surface area contributed by atoms with Gasteiger partial charge in [-0.1, -0.05) is 158 Å². The molecule has 0 aliphatic carbocycles. The largest absolute Gasteiger partial charge is 0.456 e. The van der Waals surface area contributed by atoms with Crippen LogP contribution in [-0.2, 0) is 0 Å². The predicted octanol–water partition coefficient (Wildman–Crippen LogP) is 13.7. The molecule has 5 nitrogen and oxygen atoms in total. The summed E-state index contributed by atoms with van der Waals surface area (Å²) in [4.78, 5) is 15.1. The second-order valence-electron chi connectivity index (χ2n) is 14.0. The van der Waals surface area contributed by atoms with E-state index in [-0.39, 0.29) is 0 Å². The summed E-state index contributed by atoms with van der Waals surface area (Å²) < 4.78 is 12.9. The van der Waals surface area contributed by atoms with Crippen LogP contribution in [0, 0.1) is 0 Å². The molecule has 0 aliphatic rings. The second kappa shape index (κ2) is 13.0. The quantitative estimate of drug-likeness (QED) is 0.171. The van der Waals surface area contributed by atoms with E-state index in [4.69, 9.17) is 23.8 Å². The van der Waals surface area contributed by atoms with Gasteiger partial charge in [-0.3, -0.25) is 0 Å². The minimum Gasteiger partial charge on any atom is -0.456 e. The number of aromatic nitrogens is 3. The fourth-order valence-electron chi connectivity index (χ4n) is 7.83. The van der Waals surface area contributed by atoms with Crippen LogP contribution in [0.3, 0.4) is 0 Å². The highest BCUT2D eigenvalue weighted by Gasteiger charge is 2.19. The number of hydrogen-bond donors (Lipinski definition) is 0. The van der Waals surface area contributed by atoms with Gasteiger partial charge < -0.3 is 8.83 Å². The number of nitrogens with zero attached hydrogens (tertiary/aromatic N) is 3. The first kappa shape index (κ1) is 31.9. The molecule has 0 bridgehead atoms. The molecule has 0 amide bonds. The van der Waals surface area contributed by atoms with Crippen LogP contribution < -0.4 is 0 Å². The van der Waals surface area contributed by atoms with Gasteiger partial charge in [0.2, 0.25) is 0 Å². The summed E-state index contributed by atoms with van der Waals surface area (Å²) >= 11 is 0. The van der Waals surface area contributed by atoms with Gasteiger partial charge in [0, 0.05) is 43.8 Å². The van der Waals surface area contributed by atoms with Crippen molar-refractivity contribution in [2.45, 2.75) is 0 Å². The Labute approximate surface area is 322 Å². The lowest BCUT2D eigenvalue weighted by Crippen LogP contribution is -2.00. The molecule has 0 radical (unpaired) electrons. The molecular formula is C51H31N3O2. The van der Waals surface area contributed by atoms with Crippen LogP contribution in [0.15, 0.2) is 197 Å². The van der Waals surface area contributed by atoms with Gasteiger partial charge in [0.05, 0.1) is 0 Å². The fourth-order valence-corrected chi connectivity index (χ4v) is 7.83. The van der Waals surface area contributed by atoms with Crippen LogP contribution in [0.2, 0.25) is 0 Å². The maximum atomic E-state index is 6.72. The summed E-state index contributed by atoms with van der Waals surface area (Å²) in [6.45, 7) is 0. The van der Waals surface area contributed by atoms with Gasteiger partial charge >= 0.3 is 0 Å². The molecule has 0 saturated carbocycles. The van der Waals surface area contributed by atoms with Crippen molar-refractivity contribution in [1.82, 2.24) is 15.0 Å². The number of rotatable bonds is 6. The molecule has 8 aromatic carbocycles. The first-order chi connectivity index (χ1) is 27.7. The molecule has 0 atom stereocenters. The average molecular weight is 718 g/mol. The van der Waals surface area contributed by atoms with Crippen molar-refractivity contribution < 1.29 is 8.83 Å². The number of hydrogen-bond acceptors (Lipinski definition) is 5. The van der Waals surface area contributed by atoms with E-state index < -0.39 is 0 Å². The van der Waals surface area contributed by atoms with Crippen molar-refractivity contribution in [1.29, 1.82) is 0 Å². The Balaban J connectivity index is 1.02. The van der Waals surface area contributed by atoms with Crippen LogP contribution in [0.4, 0.5) is 0 Å². The molecular weight excluding hydrogens is 687 g/mol. The molecule has 0 unspecified atom stereocenters. The monoisotopic (exact) mass is 717 g/mol. The van der Waals surface area contributed by atoms with Crippen LogP contribution >= 0.6 is 0 Å². The van der Waals surface area contributed by atoms with E-state index in [1.165, 1.54) is 0 Å². The lowest BCUT2D eigenvalue weighted by molar-refractivity contribution is 0.669. The number of para-hydroxylation sites is 2. The van der Waals surface area contributed by atoms with Gasteiger partial charge in [-0.05, 0) is 58.1 Å². The zero-order valence-electron chi connectivity index (χ0n) is 30.1. The molecule has 11 rings (SSSR count). The molecule has 0 spiro atoms. The summed E-state index contributed by atoms with van der Waals surface area (Å²) in [5.74, 6) is 1.84. The molecule has 3 heterocycles. The topological polar surface area (TPSA) is 65.0 Å². The van der Waals surface area contributed by atoms with E-state index in [1.807, 2.05) is 48.5 Å².